The highest BCUT2D eigenvalue weighted by Gasteiger charge is 2.18. The summed E-state index contributed by atoms with van der Waals surface area (Å²) in [4.78, 5) is 4.96. The van der Waals surface area contributed by atoms with E-state index in [0.29, 0.717) is 6.73 Å². The van der Waals surface area contributed by atoms with Crippen LogP contribution in [-0.2, 0) is 18.1 Å². The van der Waals surface area contributed by atoms with Gasteiger partial charge in [0.1, 0.15) is 12.6 Å². The maximum Gasteiger partial charge on any atom is 0.142 e. The summed E-state index contributed by atoms with van der Waals surface area (Å²) in [5.41, 5.74) is 4.98. The SMILES string of the molecule is Cc1c(-c2cccc(CO)c2)nc(-c2ccccc2)n1COCC[Si](C)(C)C. The van der Waals surface area contributed by atoms with Crippen molar-refractivity contribution in [3.63, 3.8) is 0 Å². The molecule has 0 atom stereocenters. The van der Waals surface area contributed by atoms with Crippen LogP contribution in [0.3, 0.4) is 0 Å². The summed E-state index contributed by atoms with van der Waals surface area (Å²) >= 11 is 0. The first-order chi connectivity index (χ1) is 13.4. The summed E-state index contributed by atoms with van der Waals surface area (Å²) in [6.07, 6.45) is 0. The summed E-state index contributed by atoms with van der Waals surface area (Å²) in [5, 5.41) is 9.48. The number of aliphatic hydroxyl groups excluding tert-OH is 1. The van der Waals surface area contributed by atoms with E-state index >= 15 is 0 Å². The molecule has 0 fully saturated rings. The van der Waals surface area contributed by atoms with Crippen LogP contribution in [0.5, 0.6) is 0 Å². The average Bonchev–Trinajstić information content (AvgIpc) is 3.02. The predicted octanol–water partition coefficient (Wildman–Crippen LogP) is 5.33. The second-order valence-corrected chi connectivity index (χ2v) is 14.0. The molecule has 0 aliphatic rings. The number of aliphatic hydroxyl groups is 1. The van der Waals surface area contributed by atoms with Crippen molar-refractivity contribution in [1.82, 2.24) is 9.55 Å². The fourth-order valence-corrected chi connectivity index (χ4v) is 3.88. The smallest absolute Gasteiger partial charge is 0.142 e. The largest absolute Gasteiger partial charge is 0.392 e. The zero-order valence-electron chi connectivity index (χ0n) is 17.3. The molecule has 0 aliphatic carbocycles. The van der Waals surface area contributed by atoms with Gasteiger partial charge in [-0.3, -0.25) is 0 Å². The van der Waals surface area contributed by atoms with Crippen molar-refractivity contribution in [2.75, 3.05) is 6.61 Å². The van der Waals surface area contributed by atoms with Gasteiger partial charge in [-0.1, -0.05) is 68.2 Å². The molecular formula is C23H30N2O2Si. The third-order valence-electron chi connectivity index (χ3n) is 4.85. The zero-order valence-corrected chi connectivity index (χ0v) is 18.3. The van der Waals surface area contributed by atoms with E-state index < -0.39 is 8.07 Å². The van der Waals surface area contributed by atoms with Crippen molar-refractivity contribution >= 4 is 8.07 Å². The van der Waals surface area contributed by atoms with Crippen LogP contribution in [0.15, 0.2) is 54.6 Å². The van der Waals surface area contributed by atoms with Gasteiger partial charge >= 0.3 is 0 Å². The molecule has 0 spiro atoms. The van der Waals surface area contributed by atoms with Crippen LogP contribution in [-0.4, -0.2) is 29.3 Å². The molecule has 0 aliphatic heterocycles. The summed E-state index contributed by atoms with van der Waals surface area (Å²) in [6, 6.07) is 19.3. The Hall–Kier alpha value is -2.21. The number of rotatable bonds is 8. The van der Waals surface area contributed by atoms with Gasteiger partial charge in [-0.25, -0.2) is 4.98 Å². The summed E-state index contributed by atoms with van der Waals surface area (Å²) < 4.78 is 8.20. The molecular weight excluding hydrogens is 364 g/mol. The number of hydrogen-bond acceptors (Lipinski definition) is 3. The van der Waals surface area contributed by atoms with E-state index in [0.717, 1.165) is 46.6 Å². The third kappa shape index (κ3) is 4.98. The number of ether oxygens (including phenoxy) is 1. The van der Waals surface area contributed by atoms with Gasteiger partial charge in [-0.15, -0.1) is 0 Å². The summed E-state index contributed by atoms with van der Waals surface area (Å²) in [7, 11) is -1.12. The first-order valence-electron chi connectivity index (χ1n) is 9.79. The van der Waals surface area contributed by atoms with E-state index in [1.165, 1.54) is 0 Å². The quantitative estimate of drug-likeness (QED) is 0.415. The van der Waals surface area contributed by atoms with Crippen LogP contribution < -0.4 is 0 Å². The number of nitrogens with zero attached hydrogens (tertiary/aromatic N) is 2. The van der Waals surface area contributed by atoms with Gasteiger partial charge in [-0.2, -0.15) is 0 Å². The summed E-state index contributed by atoms with van der Waals surface area (Å²) in [5.74, 6) is 0.913. The number of imidazole rings is 1. The molecule has 0 radical (unpaired) electrons. The Kier molecular flexibility index (Phi) is 6.49. The maximum atomic E-state index is 9.48. The number of aromatic nitrogens is 2. The van der Waals surface area contributed by atoms with Gasteiger partial charge in [0, 0.05) is 31.5 Å². The van der Waals surface area contributed by atoms with E-state index in [2.05, 4.69) is 43.3 Å². The minimum absolute atomic E-state index is 0.0267. The highest BCUT2D eigenvalue weighted by Crippen LogP contribution is 2.29. The lowest BCUT2D eigenvalue weighted by atomic mass is 10.1. The number of hydrogen-bond donors (Lipinski definition) is 1. The Morgan fingerprint density at radius 1 is 1.00 bits per heavy atom. The second-order valence-electron chi connectivity index (χ2n) is 8.37. The first-order valence-corrected chi connectivity index (χ1v) is 13.5. The highest BCUT2D eigenvalue weighted by molar-refractivity contribution is 6.76. The topological polar surface area (TPSA) is 47.3 Å². The molecule has 5 heteroatoms. The van der Waals surface area contributed by atoms with Gasteiger partial charge in [-0.05, 0) is 24.6 Å². The van der Waals surface area contributed by atoms with Crippen LogP contribution >= 0.6 is 0 Å². The van der Waals surface area contributed by atoms with Gasteiger partial charge in [0.15, 0.2) is 0 Å². The minimum Gasteiger partial charge on any atom is -0.392 e. The summed E-state index contributed by atoms with van der Waals surface area (Å²) in [6.45, 7) is 10.5. The van der Waals surface area contributed by atoms with Crippen LogP contribution in [0.25, 0.3) is 22.6 Å². The Morgan fingerprint density at radius 3 is 2.39 bits per heavy atom. The van der Waals surface area contributed by atoms with Gasteiger partial charge in [0.2, 0.25) is 0 Å². The lowest BCUT2D eigenvalue weighted by Crippen LogP contribution is -2.22. The zero-order chi connectivity index (χ0) is 20.1. The lowest BCUT2D eigenvalue weighted by Gasteiger charge is -2.16. The van der Waals surface area contributed by atoms with Gasteiger partial charge in [0.05, 0.1) is 12.3 Å². The molecule has 4 nitrogen and oxygen atoms in total. The van der Waals surface area contributed by atoms with Crippen LogP contribution in [0, 0.1) is 6.92 Å². The molecule has 0 unspecified atom stereocenters. The molecule has 1 N–H and O–H groups in total. The molecule has 0 saturated carbocycles. The van der Waals surface area contributed by atoms with Gasteiger partial charge in [0.25, 0.3) is 0 Å². The van der Waals surface area contributed by atoms with Crippen molar-refractivity contribution in [2.24, 2.45) is 0 Å². The Bertz CT molecular complexity index is 914. The monoisotopic (exact) mass is 394 g/mol. The molecule has 1 aromatic heterocycles. The molecule has 0 amide bonds. The van der Waals surface area contributed by atoms with E-state index in [1.807, 2.05) is 42.5 Å². The molecule has 3 aromatic rings. The van der Waals surface area contributed by atoms with Crippen LogP contribution in [0.2, 0.25) is 25.7 Å². The lowest BCUT2D eigenvalue weighted by molar-refractivity contribution is 0.0871. The van der Waals surface area contributed by atoms with E-state index in [-0.39, 0.29) is 6.61 Å². The fourth-order valence-electron chi connectivity index (χ4n) is 3.12. The molecule has 1 heterocycles. The van der Waals surface area contributed by atoms with Crippen LogP contribution in [0.4, 0.5) is 0 Å². The molecule has 0 bridgehead atoms. The molecule has 28 heavy (non-hydrogen) atoms. The van der Waals surface area contributed by atoms with Crippen molar-refractivity contribution in [3.05, 3.63) is 65.9 Å². The standard InChI is InChI=1S/C23H30N2O2Si/c1-18-22(21-12-8-9-19(15-21)16-26)24-23(20-10-6-5-7-11-20)25(18)17-27-13-14-28(2,3)4/h5-12,15,26H,13-14,16-17H2,1-4H3. The van der Waals surface area contributed by atoms with Crippen molar-refractivity contribution < 1.29 is 9.84 Å². The molecule has 148 valence electrons. The molecule has 3 rings (SSSR count). The predicted molar refractivity (Wildman–Crippen MR) is 118 cm³/mol. The maximum absolute atomic E-state index is 9.48. The minimum atomic E-state index is -1.12. The Morgan fingerprint density at radius 2 is 1.71 bits per heavy atom. The molecule has 0 saturated heterocycles. The van der Waals surface area contributed by atoms with Crippen LogP contribution in [0.1, 0.15) is 11.3 Å². The van der Waals surface area contributed by atoms with E-state index in [1.54, 1.807) is 0 Å². The average molecular weight is 395 g/mol. The fraction of sp³-hybridized carbons (Fsp3) is 0.348. The second kappa shape index (κ2) is 8.86. The highest BCUT2D eigenvalue weighted by atomic mass is 28.3. The van der Waals surface area contributed by atoms with E-state index in [4.69, 9.17) is 9.72 Å². The first kappa shape index (κ1) is 20.5. The third-order valence-corrected chi connectivity index (χ3v) is 6.56. The molecule has 2 aromatic carbocycles. The van der Waals surface area contributed by atoms with Gasteiger partial charge < -0.3 is 14.4 Å². The van der Waals surface area contributed by atoms with Crippen molar-refractivity contribution in [3.8, 4) is 22.6 Å². The normalized spacial score (nSPS) is 11.8. The Balaban J connectivity index is 1.95. The number of benzene rings is 2. The Labute approximate surface area is 168 Å². The van der Waals surface area contributed by atoms with Crippen molar-refractivity contribution in [2.45, 2.75) is 45.9 Å². The van der Waals surface area contributed by atoms with E-state index in [9.17, 15) is 5.11 Å². The van der Waals surface area contributed by atoms with Crippen molar-refractivity contribution in [1.29, 1.82) is 0 Å².